The maximum absolute atomic E-state index is 11.5. The Balaban J connectivity index is 2.81. The summed E-state index contributed by atoms with van der Waals surface area (Å²) < 4.78 is 9.29. The minimum atomic E-state index is -0.832. The molecule has 0 amide bonds. The molecule has 0 aromatic heterocycles. The lowest BCUT2D eigenvalue weighted by Gasteiger charge is -2.24. The van der Waals surface area contributed by atoms with E-state index in [2.05, 4.69) is 10.1 Å². The molecule has 1 aromatic carbocycles. The molecule has 0 radical (unpaired) electrons. The molecule has 0 saturated heterocycles. The first-order valence-corrected chi connectivity index (χ1v) is 5.45. The lowest BCUT2D eigenvalue weighted by Crippen LogP contribution is -2.41. The number of benzene rings is 1. The highest BCUT2D eigenvalue weighted by Crippen LogP contribution is 2.17. The fraction of sp³-hybridized carbons (Fsp3) is 0.385. The zero-order valence-electron chi connectivity index (χ0n) is 10.9. The third kappa shape index (κ3) is 3.23. The molecule has 0 unspecified atom stereocenters. The summed E-state index contributed by atoms with van der Waals surface area (Å²) in [6.07, 6.45) is 0. The van der Waals surface area contributed by atoms with Gasteiger partial charge in [-0.25, -0.2) is 9.59 Å². The van der Waals surface area contributed by atoms with Crippen molar-refractivity contribution in [3.8, 4) is 0 Å². The summed E-state index contributed by atoms with van der Waals surface area (Å²) in [5.74, 6) is -0.756. The molecule has 0 aliphatic heterocycles. The van der Waals surface area contributed by atoms with E-state index in [1.54, 1.807) is 38.1 Å². The molecular formula is C13H17NO4. The van der Waals surface area contributed by atoms with Crippen LogP contribution in [0, 0.1) is 0 Å². The summed E-state index contributed by atoms with van der Waals surface area (Å²) >= 11 is 0. The number of ether oxygens (including phenoxy) is 2. The number of carbonyl (C=O) groups is 2. The molecular weight excluding hydrogens is 234 g/mol. The number of nitrogens with one attached hydrogen (secondary N) is 1. The predicted octanol–water partition coefficient (Wildman–Crippen LogP) is 1.84. The van der Waals surface area contributed by atoms with Crippen LogP contribution in [-0.4, -0.2) is 31.7 Å². The van der Waals surface area contributed by atoms with Gasteiger partial charge in [0.1, 0.15) is 5.54 Å². The van der Waals surface area contributed by atoms with E-state index < -0.39 is 11.5 Å². The van der Waals surface area contributed by atoms with E-state index in [9.17, 15) is 9.59 Å². The Morgan fingerprint density at radius 1 is 1.06 bits per heavy atom. The Hall–Kier alpha value is -2.04. The van der Waals surface area contributed by atoms with Gasteiger partial charge in [-0.3, -0.25) is 0 Å². The standard InChI is InChI=1S/C13H17NO4/c1-13(2,12(16)18-4)14-10-7-5-9(6-8-10)11(15)17-3/h5-8,14H,1-4H3. The highest BCUT2D eigenvalue weighted by atomic mass is 16.5. The Morgan fingerprint density at radius 2 is 1.61 bits per heavy atom. The van der Waals surface area contributed by atoms with E-state index >= 15 is 0 Å². The van der Waals surface area contributed by atoms with Crippen molar-refractivity contribution in [3.05, 3.63) is 29.8 Å². The van der Waals surface area contributed by atoms with Crippen LogP contribution in [-0.2, 0) is 14.3 Å². The van der Waals surface area contributed by atoms with Crippen LogP contribution >= 0.6 is 0 Å². The first-order valence-electron chi connectivity index (χ1n) is 5.45. The highest BCUT2D eigenvalue weighted by Gasteiger charge is 2.28. The minimum Gasteiger partial charge on any atom is -0.467 e. The van der Waals surface area contributed by atoms with Gasteiger partial charge in [0, 0.05) is 5.69 Å². The molecule has 1 rings (SSSR count). The Morgan fingerprint density at radius 3 is 2.06 bits per heavy atom. The lowest BCUT2D eigenvalue weighted by atomic mass is 10.1. The van der Waals surface area contributed by atoms with Crippen molar-refractivity contribution in [1.29, 1.82) is 0 Å². The average Bonchev–Trinajstić information content (AvgIpc) is 2.37. The zero-order valence-corrected chi connectivity index (χ0v) is 10.9. The van der Waals surface area contributed by atoms with Crippen molar-refractivity contribution in [3.63, 3.8) is 0 Å². The van der Waals surface area contributed by atoms with Gasteiger partial charge < -0.3 is 14.8 Å². The van der Waals surface area contributed by atoms with Gasteiger partial charge >= 0.3 is 11.9 Å². The maximum Gasteiger partial charge on any atom is 0.337 e. The van der Waals surface area contributed by atoms with Crippen molar-refractivity contribution < 1.29 is 19.1 Å². The third-order valence-electron chi connectivity index (χ3n) is 2.46. The second kappa shape index (κ2) is 5.53. The zero-order chi connectivity index (χ0) is 13.8. The third-order valence-corrected chi connectivity index (χ3v) is 2.46. The molecule has 0 bridgehead atoms. The van der Waals surface area contributed by atoms with E-state index in [-0.39, 0.29) is 5.97 Å². The summed E-state index contributed by atoms with van der Waals surface area (Å²) in [7, 11) is 2.67. The van der Waals surface area contributed by atoms with Gasteiger partial charge in [0.2, 0.25) is 0 Å². The normalized spacial score (nSPS) is 10.7. The number of hydrogen-bond donors (Lipinski definition) is 1. The van der Waals surface area contributed by atoms with Crippen molar-refractivity contribution in [2.24, 2.45) is 0 Å². The van der Waals surface area contributed by atoms with Crippen molar-refractivity contribution in [2.45, 2.75) is 19.4 Å². The molecule has 0 aliphatic carbocycles. The lowest BCUT2D eigenvalue weighted by molar-refractivity contribution is -0.144. The quantitative estimate of drug-likeness (QED) is 0.827. The molecule has 0 heterocycles. The summed E-state index contributed by atoms with van der Waals surface area (Å²) in [4.78, 5) is 22.7. The van der Waals surface area contributed by atoms with E-state index in [1.165, 1.54) is 14.2 Å². The number of hydrogen-bond acceptors (Lipinski definition) is 5. The van der Waals surface area contributed by atoms with Crippen LogP contribution in [0.1, 0.15) is 24.2 Å². The SMILES string of the molecule is COC(=O)c1ccc(NC(C)(C)C(=O)OC)cc1. The van der Waals surface area contributed by atoms with Crippen LogP contribution in [0.3, 0.4) is 0 Å². The molecule has 0 spiro atoms. The van der Waals surface area contributed by atoms with Gasteiger partial charge in [0.05, 0.1) is 19.8 Å². The fourth-order valence-electron chi connectivity index (χ4n) is 1.47. The molecule has 0 atom stereocenters. The highest BCUT2D eigenvalue weighted by molar-refractivity contribution is 5.90. The molecule has 18 heavy (non-hydrogen) atoms. The molecule has 98 valence electrons. The van der Waals surface area contributed by atoms with E-state index in [0.29, 0.717) is 5.56 Å². The van der Waals surface area contributed by atoms with Crippen LogP contribution in [0.15, 0.2) is 24.3 Å². The summed E-state index contributed by atoms with van der Waals surface area (Å²) in [6, 6.07) is 6.66. The minimum absolute atomic E-state index is 0.362. The van der Waals surface area contributed by atoms with Gasteiger partial charge in [-0.2, -0.15) is 0 Å². The molecule has 1 aromatic rings. The Labute approximate surface area is 106 Å². The maximum atomic E-state index is 11.5. The number of rotatable bonds is 4. The van der Waals surface area contributed by atoms with Gasteiger partial charge in [-0.15, -0.1) is 0 Å². The smallest absolute Gasteiger partial charge is 0.337 e. The molecule has 0 fully saturated rings. The number of methoxy groups -OCH3 is 2. The Kier molecular flexibility index (Phi) is 4.31. The van der Waals surface area contributed by atoms with Crippen LogP contribution in [0.25, 0.3) is 0 Å². The first kappa shape index (κ1) is 14.0. The van der Waals surface area contributed by atoms with E-state index in [4.69, 9.17) is 4.74 Å². The van der Waals surface area contributed by atoms with Crippen LogP contribution in [0.4, 0.5) is 5.69 Å². The van der Waals surface area contributed by atoms with Crippen LogP contribution < -0.4 is 5.32 Å². The average molecular weight is 251 g/mol. The second-order valence-electron chi connectivity index (χ2n) is 4.31. The van der Waals surface area contributed by atoms with E-state index in [1.807, 2.05) is 0 Å². The summed E-state index contributed by atoms with van der Waals surface area (Å²) in [5, 5.41) is 3.03. The van der Waals surface area contributed by atoms with E-state index in [0.717, 1.165) is 5.69 Å². The van der Waals surface area contributed by atoms with Crippen LogP contribution in [0.2, 0.25) is 0 Å². The second-order valence-corrected chi connectivity index (χ2v) is 4.31. The Bertz CT molecular complexity index is 437. The fourth-order valence-corrected chi connectivity index (χ4v) is 1.47. The number of anilines is 1. The van der Waals surface area contributed by atoms with Crippen molar-refractivity contribution in [1.82, 2.24) is 0 Å². The summed E-state index contributed by atoms with van der Waals surface area (Å²) in [5.41, 5.74) is 0.346. The molecule has 5 nitrogen and oxygen atoms in total. The first-order chi connectivity index (χ1) is 8.40. The molecule has 5 heteroatoms. The predicted molar refractivity (Wildman–Crippen MR) is 67.5 cm³/mol. The summed E-state index contributed by atoms with van der Waals surface area (Å²) in [6.45, 7) is 3.43. The molecule has 0 aliphatic rings. The monoisotopic (exact) mass is 251 g/mol. The molecule has 1 N–H and O–H groups in total. The van der Waals surface area contributed by atoms with Crippen LogP contribution in [0.5, 0.6) is 0 Å². The molecule has 0 saturated carbocycles. The number of carbonyl (C=O) groups excluding carboxylic acids is 2. The number of esters is 2. The largest absolute Gasteiger partial charge is 0.467 e. The van der Waals surface area contributed by atoms with Gasteiger partial charge in [-0.05, 0) is 38.1 Å². The topological polar surface area (TPSA) is 64.6 Å². The van der Waals surface area contributed by atoms with Crippen molar-refractivity contribution in [2.75, 3.05) is 19.5 Å². The van der Waals surface area contributed by atoms with Gasteiger partial charge in [0.25, 0.3) is 0 Å². The van der Waals surface area contributed by atoms with Gasteiger partial charge in [0.15, 0.2) is 0 Å². The van der Waals surface area contributed by atoms with Crippen molar-refractivity contribution >= 4 is 17.6 Å². The van der Waals surface area contributed by atoms with Gasteiger partial charge in [-0.1, -0.05) is 0 Å².